The smallest absolute Gasteiger partial charge is 0.317 e. The monoisotopic (exact) mass is 340 g/mol. The summed E-state index contributed by atoms with van der Waals surface area (Å²) >= 11 is 1.67. The van der Waals surface area contributed by atoms with E-state index in [2.05, 4.69) is 16.4 Å². The molecule has 0 spiro atoms. The Balaban J connectivity index is 1.55. The highest BCUT2D eigenvalue weighted by Gasteiger charge is 2.12. The summed E-state index contributed by atoms with van der Waals surface area (Å²) in [6.45, 7) is 3.85. The number of imidazole rings is 1. The molecule has 0 unspecified atom stereocenters. The molecule has 0 atom stereocenters. The number of nitrogens with one attached hydrogen (secondary N) is 1. The van der Waals surface area contributed by atoms with Gasteiger partial charge in [-0.05, 0) is 36.1 Å². The number of benzene rings is 1. The molecule has 0 bridgehead atoms. The largest absolute Gasteiger partial charge is 0.334 e. The van der Waals surface area contributed by atoms with E-state index in [1.54, 1.807) is 23.9 Å². The van der Waals surface area contributed by atoms with Gasteiger partial charge in [-0.3, -0.25) is 0 Å². The van der Waals surface area contributed by atoms with Gasteiger partial charge < -0.3 is 14.8 Å². The highest BCUT2D eigenvalue weighted by atomic mass is 32.1. The zero-order valence-corrected chi connectivity index (χ0v) is 14.4. The van der Waals surface area contributed by atoms with Gasteiger partial charge in [0.25, 0.3) is 0 Å². The summed E-state index contributed by atoms with van der Waals surface area (Å²) in [6.07, 6.45) is 5.42. The maximum atomic E-state index is 12.3. The molecule has 0 fully saturated rings. The van der Waals surface area contributed by atoms with Crippen molar-refractivity contribution in [3.63, 3.8) is 0 Å². The first-order chi connectivity index (χ1) is 11.8. The number of carbonyl (C=O) groups excluding carboxylic acids is 1. The number of urea groups is 1. The van der Waals surface area contributed by atoms with Crippen molar-refractivity contribution >= 4 is 17.4 Å². The molecule has 2 amide bonds. The van der Waals surface area contributed by atoms with Gasteiger partial charge in [0, 0.05) is 36.0 Å². The average molecular weight is 340 g/mol. The fourth-order valence-electron chi connectivity index (χ4n) is 2.41. The number of aromatic nitrogens is 2. The predicted molar refractivity (Wildman–Crippen MR) is 96.2 cm³/mol. The first kappa shape index (κ1) is 16.3. The molecule has 124 valence electrons. The van der Waals surface area contributed by atoms with Crippen LogP contribution in [0.15, 0.2) is 60.5 Å². The summed E-state index contributed by atoms with van der Waals surface area (Å²) in [5.41, 5.74) is 2.12. The third kappa shape index (κ3) is 4.02. The first-order valence-electron chi connectivity index (χ1n) is 7.88. The Labute approximate surface area is 145 Å². The number of nitrogens with zero attached hydrogens (tertiary/aromatic N) is 3. The van der Waals surface area contributed by atoms with Gasteiger partial charge in [0.05, 0.1) is 12.9 Å². The molecule has 3 aromatic rings. The Kier molecular flexibility index (Phi) is 5.28. The lowest BCUT2D eigenvalue weighted by Gasteiger charge is -2.20. The van der Waals surface area contributed by atoms with Crippen LogP contribution in [0.25, 0.3) is 5.69 Å². The molecule has 24 heavy (non-hydrogen) atoms. The van der Waals surface area contributed by atoms with Crippen molar-refractivity contribution in [2.75, 3.05) is 6.54 Å². The molecule has 0 aliphatic heterocycles. The van der Waals surface area contributed by atoms with Crippen LogP contribution in [-0.4, -0.2) is 27.0 Å². The Morgan fingerprint density at radius 2 is 2.12 bits per heavy atom. The Bertz CT molecular complexity index is 751. The van der Waals surface area contributed by atoms with Crippen LogP contribution < -0.4 is 5.32 Å². The zero-order chi connectivity index (χ0) is 16.8. The second-order valence-corrected chi connectivity index (χ2v) is 6.42. The van der Waals surface area contributed by atoms with Crippen LogP contribution in [0, 0.1) is 0 Å². The number of amides is 2. The lowest BCUT2D eigenvalue weighted by atomic mass is 10.2. The number of hydrogen-bond donors (Lipinski definition) is 1. The van der Waals surface area contributed by atoms with Gasteiger partial charge in [-0.15, -0.1) is 11.3 Å². The minimum atomic E-state index is -0.0374. The van der Waals surface area contributed by atoms with E-state index in [9.17, 15) is 4.79 Å². The number of carbonyl (C=O) groups is 1. The third-order valence-electron chi connectivity index (χ3n) is 3.78. The van der Waals surface area contributed by atoms with Crippen molar-refractivity contribution in [1.82, 2.24) is 19.8 Å². The van der Waals surface area contributed by atoms with E-state index in [1.807, 2.05) is 58.3 Å². The van der Waals surface area contributed by atoms with E-state index in [0.29, 0.717) is 19.6 Å². The molecule has 2 aromatic heterocycles. The van der Waals surface area contributed by atoms with E-state index in [-0.39, 0.29) is 6.03 Å². The summed E-state index contributed by atoms with van der Waals surface area (Å²) in [6, 6.07) is 12.1. The molecule has 0 aliphatic carbocycles. The molecule has 0 saturated heterocycles. The van der Waals surface area contributed by atoms with Gasteiger partial charge in [0.1, 0.15) is 0 Å². The maximum Gasteiger partial charge on any atom is 0.317 e. The zero-order valence-electron chi connectivity index (χ0n) is 13.6. The average Bonchev–Trinajstić information content (AvgIpc) is 3.31. The van der Waals surface area contributed by atoms with Crippen LogP contribution in [0.1, 0.15) is 17.4 Å². The molecular formula is C18H20N4OS. The van der Waals surface area contributed by atoms with Crippen molar-refractivity contribution in [2.45, 2.75) is 20.0 Å². The molecule has 3 rings (SSSR count). The van der Waals surface area contributed by atoms with E-state index in [0.717, 1.165) is 11.3 Å². The second-order valence-electron chi connectivity index (χ2n) is 5.39. The standard InChI is InChI=1S/C18H20N4OS/c1-2-21(13-17-4-3-11-24-17)18(23)20-12-15-5-7-16(8-6-15)22-10-9-19-14-22/h3-11,14H,2,12-13H2,1H3,(H,20,23). The van der Waals surface area contributed by atoms with E-state index in [4.69, 9.17) is 0 Å². The minimum absolute atomic E-state index is 0.0374. The van der Waals surface area contributed by atoms with Gasteiger partial charge in [-0.2, -0.15) is 0 Å². The molecule has 5 nitrogen and oxygen atoms in total. The molecule has 0 aliphatic rings. The van der Waals surface area contributed by atoms with E-state index >= 15 is 0 Å². The number of thiophene rings is 1. The quantitative estimate of drug-likeness (QED) is 0.744. The molecule has 1 aromatic carbocycles. The fraction of sp³-hybridized carbons (Fsp3) is 0.222. The van der Waals surface area contributed by atoms with Crippen molar-refractivity contribution in [3.8, 4) is 5.69 Å². The topological polar surface area (TPSA) is 50.2 Å². The highest BCUT2D eigenvalue weighted by molar-refractivity contribution is 7.09. The van der Waals surface area contributed by atoms with E-state index < -0.39 is 0 Å². The number of rotatable bonds is 6. The first-order valence-corrected chi connectivity index (χ1v) is 8.76. The van der Waals surface area contributed by atoms with Gasteiger partial charge in [0.15, 0.2) is 0 Å². The lowest BCUT2D eigenvalue weighted by molar-refractivity contribution is 0.198. The van der Waals surface area contributed by atoms with Gasteiger partial charge >= 0.3 is 6.03 Å². The number of hydrogen-bond acceptors (Lipinski definition) is 3. The summed E-state index contributed by atoms with van der Waals surface area (Å²) in [5, 5.41) is 5.02. The van der Waals surface area contributed by atoms with Crippen LogP contribution in [0.4, 0.5) is 4.79 Å². The van der Waals surface area contributed by atoms with Crippen LogP contribution in [0.5, 0.6) is 0 Å². The summed E-state index contributed by atoms with van der Waals surface area (Å²) in [4.78, 5) is 19.4. The molecule has 6 heteroatoms. The van der Waals surface area contributed by atoms with Gasteiger partial charge in [-0.1, -0.05) is 18.2 Å². The summed E-state index contributed by atoms with van der Waals surface area (Å²) < 4.78 is 1.95. The second kappa shape index (κ2) is 7.79. The molecule has 0 saturated carbocycles. The SMILES string of the molecule is CCN(Cc1cccs1)C(=O)NCc1ccc(-n2ccnc2)cc1. The van der Waals surface area contributed by atoms with Crippen molar-refractivity contribution in [1.29, 1.82) is 0 Å². The van der Waals surface area contributed by atoms with Crippen molar-refractivity contribution in [3.05, 3.63) is 70.9 Å². The summed E-state index contributed by atoms with van der Waals surface area (Å²) in [5.74, 6) is 0. The lowest BCUT2D eigenvalue weighted by Crippen LogP contribution is -2.38. The molecule has 2 heterocycles. The fourth-order valence-corrected chi connectivity index (χ4v) is 3.12. The Hall–Kier alpha value is -2.60. The molecule has 0 radical (unpaired) electrons. The highest BCUT2D eigenvalue weighted by Crippen LogP contribution is 2.12. The Morgan fingerprint density at radius 3 is 2.75 bits per heavy atom. The third-order valence-corrected chi connectivity index (χ3v) is 4.64. The van der Waals surface area contributed by atoms with Crippen molar-refractivity contribution < 1.29 is 4.79 Å². The predicted octanol–water partition coefficient (Wildman–Crippen LogP) is 3.67. The van der Waals surface area contributed by atoms with Crippen LogP contribution >= 0.6 is 11.3 Å². The van der Waals surface area contributed by atoms with Crippen LogP contribution in [0.2, 0.25) is 0 Å². The minimum Gasteiger partial charge on any atom is -0.334 e. The van der Waals surface area contributed by atoms with Gasteiger partial charge in [-0.25, -0.2) is 9.78 Å². The normalized spacial score (nSPS) is 10.5. The molecular weight excluding hydrogens is 320 g/mol. The van der Waals surface area contributed by atoms with E-state index in [1.165, 1.54) is 4.88 Å². The summed E-state index contributed by atoms with van der Waals surface area (Å²) in [7, 11) is 0. The Morgan fingerprint density at radius 1 is 1.29 bits per heavy atom. The van der Waals surface area contributed by atoms with Crippen LogP contribution in [0.3, 0.4) is 0 Å². The maximum absolute atomic E-state index is 12.3. The molecule has 1 N–H and O–H groups in total. The van der Waals surface area contributed by atoms with Crippen LogP contribution in [-0.2, 0) is 13.1 Å². The van der Waals surface area contributed by atoms with Gasteiger partial charge in [0.2, 0.25) is 0 Å². The van der Waals surface area contributed by atoms with Crippen molar-refractivity contribution in [2.24, 2.45) is 0 Å².